The molecule has 2 N–H and O–H groups in total. The number of nitrogen functional groups attached to an aromatic ring is 1. The third kappa shape index (κ3) is 4.36. The molecule has 0 aliphatic rings. The summed E-state index contributed by atoms with van der Waals surface area (Å²) in [7, 11) is 0. The Bertz CT molecular complexity index is 1350. The van der Waals surface area contributed by atoms with E-state index in [2.05, 4.69) is 15.1 Å². The van der Waals surface area contributed by atoms with Crippen LogP contribution < -0.4 is 16.2 Å². The van der Waals surface area contributed by atoms with E-state index in [0.717, 1.165) is 0 Å². The lowest BCUT2D eigenvalue weighted by molar-refractivity contribution is -0.137. The van der Waals surface area contributed by atoms with E-state index in [-0.39, 0.29) is 28.6 Å². The summed E-state index contributed by atoms with van der Waals surface area (Å²) >= 11 is 6.20. The smallest absolute Gasteiger partial charge is 0.383 e. The van der Waals surface area contributed by atoms with Gasteiger partial charge >= 0.3 is 6.18 Å². The van der Waals surface area contributed by atoms with Crippen molar-refractivity contribution in [3.63, 3.8) is 0 Å². The normalized spacial score (nSPS) is 11.8. The van der Waals surface area contributed by atoms with Crippen LogP contribution in [-0.4, -0.2) is 30.7 Å². The number of nitrogens with two attached hydrogens (primary N) is 1. The lowest BCUT2D eigenvalue weighted by Gasteiger charge is -2.24. The Morgan fingerprint density at radius 2 is 1.91 bits per heavy atom. The van der Waals surface area contributed by atoms with Crippen molar-refractivity contribution in [2.75, 3.05) is 17.2 Å². The molecule has 0 atom stereocenters. The summed E-state index contributed by atoms with van der Waals surface area (Å²) in [6, 6.07) is 10.4. The molecule has 172 valence electrons. The molecule has 0 bridgehead atoms. The van der Waals surface area contributed by atoms with E-state index in [9.17, 15) is 18.0 Å². The van der Waals surface area contributed by atoms with E-state index in [1.54, 1.807) is 41.4 Å². The fourth-order valence-electron chi connectivity index (χ4n) is 3.47. The first-order valence-corrected chi connectivity index (χ1v) is 10.4. The maximum atomic E-state index is 13.3. The minimum Gasteiger partial charge on any atom is -0.383 e. The van der Waals surface area contributed by atoms with Crippen LogP contribution in [-0.2, 0) is 12.7 Å². The molecule has 0 saturated heterocycles. The van der Waals surface area contributed by atoms with Gasteiger partial charge in [-0.2, -0.15) is 23.3 Å². The van der Waals surface area contributed by atoms with Crippen LogP contribution in [0.25, 0.3) is 11.2 Å². The highest BCUT2D eigenvalue weighted by Gasteiger charge is 2.34. The van der Waals surface area contributed by atoms with Gasteiger partial charge in [-0.05, 0) is 24.6 Å². The summed E-state index contributed by atoms with van der Waals surface area (Å²) in [6.45, 7) is 2.32. The number of benzene rings is 1. The molecule has 0 aliphatic carbocycles. The van der Waals surface area contributed by atoms with Crippen molar-refractivity contribution in [2.45, 2.75) is 26.1 Å². The maximum Gasteiger partial charge on any atom is 0.421 e. The molecule has 3 aromatic heterocycles. The molecular weight excluding hydrogens is 459 g/mol. The second kappa shape index (κ2) is 8.74. The second-order valence-corrected chi connectivity index (χ2v) is 7.64. The van der Waals surface area contributed by atoms with Gasteiger partial charge < -0.3 is 10.6 Å². The van der Waals surface area contributed by atoms with Gasteiger partial charge in [0.1, 0.15) is 16.9 Å². The van der Waals surface area contributed by atoms with Crippen LogP contribution in [0.3, 0.4) is 0 Å². The number of fused-ring (bicyclic) bond motifs is 1. The first kappa shape index (κ1) is 22.6. The predicted molar refractivity (Wildman–Crippen MR) is 119 cm³/mol. The van der Waals surface area contributed by atoms with Gasteiger partial charge in [-0.1, -0.05) is 36.7 Å². The van der Waals surface area contributed by atoms with Gasteiger partial charge in [0.25, 0.3) is 5.56 Å². The third-order valence-corrected chi connectivity index (χ3v) is 5.24. The highest BCUT2D eigenvalue weighted by atomic mass is 35.5. The molecule has 0 aliphatic heterocycles. The SMILES string of the molecule is CCCN(Cc1nn2ccc(Cl)c2c(=O)n1-c1ccccc1)c1ncc(C(F)(F)F)c(N)n1. The average Bonchev–Trinajstić information content (AvgIpc) is 3.14. The summed E-state index contributed by atoms with van der Waals surface area (Å²) in [4.78, 5) is 22.7. The van der Waals surface area contributed by atoms with E-state index < -0.39 is 17.6 Å². The van der Waals surface area contributed by atoms with E-state index in [4.69, 9.17) is 17.3 Å². The summed E-state index contributed by atoms with van der Waals surface area (Å²) in [5, 5.41) is 4.80. The van der Waals surface area contributed by atoms with Crippen molar-refractivity contribution in [3.8, 4) is 5.69 Å². The van der Waals surface area contributed by atoms with E-state index in [1.807, 2.05) is 13.0 Å². The van der Waals surface area contributed by atoms with Crippen molar-refractivity contribution >= 4 is 28.9 Å². The summed E-state index contributed by atoms with van der Waals surface area (Å²) < 4.78 is 42.0. The average molecular weight is 478 g/mol. The Kier molecular flexibility index (Phi) is 5.98. The van der Waals surface area contributed by atoms with Crippen LogP contribution in [0, 0.1) is 0 Å². The van der Waals surface area contributed by atoms with Crippen molar-refractivity contribution in [1.82, 2.24) is 24.1 Å². The minimum absolute atomic E-state index is 0.00171. The van der Waals surface area contributed by atoms with Crippen molar-refractivity contribution in [2.24, 2.45) is 0 Å². The Morgan fingerprint density at radius 3 is 2.55 bits per heavy atom. The zero-order chi connectivity index (χ0) is 23.8. The summed E-state index contributed by atoms with van der Waals surface area (Å²) in [6.07, 6.45) is -1.80. The van der Waals surface area contributed by atoms with Crippen molar-refractivity contribution < 1.29 is 13.2 Å². The second-order valence-electron chi connectivity index (χ2n) is 7.24. The van der Waals surface area contributed by atoms with Crippen LogP contribution in [0.4, 0.5) is 24.9 Å². The van der Waals surface area contributed by atoms with Crippen molar-refractivity contribution in [3.05, 3.63) is 75.6 Å². The maximum absolute atomic E-state index is 13.3. The first-order chi connectivity index (χ1) is 15.7. The monoisotopic (exact) mass is 477 g/mol. The third-order valence-electron chi connectivity index (χ3n) is 4.94. The zero-order valence-electron chi connectivity index (χ0n) is 17.4. The molecule has 0 amide bonds. The molecule has 4 aromatic rings. The molecule has 33 heavy (non-hydrogen) atoms. The van der Waals surface area contributed by atoms with Crippen LogP contribution in [0.2, 0.25) is 5.02 Å². The predicted octanol–water partition coefficient (Wildman–Crippen LogP) is 3.95. The lowest BCUT2D eigenvalue weighted by atomic mass is 10.3. The van der Waals surface area contributed by atoms with E-state index >= 15 is 0 Å². The topological polar surface area (TPSA) is 94.3 Å². The van der Waals surface area contributed by atoms with Gasteiger partial charge in [0.05, 0.1) is 17.3 Å². The molecule has 0 saturated carbocycles. The summed E-state index contributed by atoms with van der Waals surface area (Å²) in [5.41, 5.74) is 4.85. The van der Waals surface area contributed by atoms with E-state index in [0.29, 0.717) is 30.7 Å². The van der Waals surface area contributed by atoms with Crippen LogP contribution >= 0.6 is 11.6 Å². The molecule has 3 heterocycles. The quantitative estimate of drug-likeness (QED) is 0.452. The number of aromatic nitrogens is 5. The number of nitrogens with zero attached hydrogens (tertiary/aromatic N) is 6. The number of halogens is 4. The van der Waals surface area contributed by atoms with E-state index in [1.165, 1.54) is 9.08 Å². The highest BCUT2D eigenvalue weighted by Crippen LogP contribution is 2.32. The number of hydrogen-bond acceptors (Lipinski definition) is 6. The molecule has 12 heteroatoms. The molecule has 1 aromatic carbocycles. The molecule has 0 spiro atoms. The fraction of sp³-hybridized carbons (Fsp3) is 0.238. The molecular formula is C21H19ClF3N7O. The number of hydrogen-bond donors (Lipinski definition) is 1. The minimum atomic E-state index is -4.66. The summed E-state index contributed by atoms with van der Waals surface area (Å²) in [5.74, 6) is -0.349. The van der Waals surface area contributed by atoms with Crippen LogP contribution in [0.1, 0.15) is 24.7 Å². The van der Waals surface area contributed by atoms with Gasteiger partial charge in [0.15, 0.2) is 5.82 Å². The number of alkyl halides is 3. The highest BCUT2D eigenvalue weighted by molar-refractivity contribution is 6.33. The lowest BCUT2D eigenvalue weighted by Crippen LogP contribution is -2.33. The Morgan fingerprint density at radius 1 is 1.18 bits per heavy atom. The number of rotatable bonds is 6. The Hall–Kier alpha value is -3.60. The Labute approximate surface area is 191 Å². The Balaban J connectivity index is 1.84. The zero-order valence-corrected chi connectivity index (χ0v) is 18.2. The fourth-order valence-corrected chi connectivity index (χ4v) is 3.69. The van der Waals surface area contributed by atoms with Gasteiger partial charge in [-0.25, -0.2) is 9.50 Å². The first-order valence-electron chi connectivity index (χ1n) is 9.99. The van der Waals surface area contributed by atoms with Crippen LogP contribution in [0.5, 0.6) is 0 Å². The largest absolute Gasteiger partial charge is 0.421 e. The molecule has 0 fully saturated rings. The van der Waals surface area contributed by atoms with Gasteiger partial charge in [0, 0.05) is 18.9 Å². The molecule has 0 radical (unpaired) electrons. The van der Waals surface area contributed by atoms with Gasteiger partial charge in [0.2, 0.25) is 5.95 Å². The van der Waals surface area contributed by atoms with Gasteiger partial charge in [-0.15, -0.1) is 0 Å². The molecule has 8 nitrogen and oxygen atoms in total. The number of anilines is 2. The van der Waals surface area contributed by atoms with Crippen LogP contribution in [0.15, 0.2) is 53.6 Å². The number of para-hydroxylation sites is 1. The molecule has 0 unspecified atom stereocenters. The molecule has 4 rings (SSSR count). The van der Waals surface area contributed by atoms with Gasteiger partial charge in [-0.3, -0.25) is 9.36 Å². The van der Waals surface area contributed by atoms with Crippen molar-refractivity contribution in [1.29, 1.82) is 0 Å². The standard InChI is InChI=1S/C21H19ClF3N7O/c1-2-9-30(20-27-11-14(18(26)28-20)21(23,24)25)12-16-29-31-10-8-15(22)17(31)19(33)32(16)13-6-4-3-5-7-13/h3-8,10-11H,2,9,12H2,1H3,(H2,26,27,28).